The van der Waals surface area contributed by atoms with Crippen LogP contribution < -0.4 is 4.74 Å². The van der Waals surface area contributed by atoms with Crippen LogP contribution in [0.15, 0.2) is 35.5 Å². The first kappa shape index (κ1) is 16.6. The van der Waals surface area contributed by atoms with Gasteiger partial charge in [-0.25, -0.2) is 4.98 Å². The summed E-state index contributed by atoms with van der Waals surface area (Å²) < 4.78 is 48.5. The van der Waals surface area contributed by atoms with Gasteiger partial charge in [-0.2, -0.15) is 18.2 Å². The van der Waals surface area contributed by atoms with E-state index in [0.717, 1.165) is 12.1 Å². The van der Waals surface area contributed by atoms with Crippen molar-refractivity contribution in [3.8, 4) is 11.6 Å². The minimum absolute atomic E-state index is 0.0592. The molecule has 4 nitrogen and oxygen atoms in total. The van der Waals surface area contributed by atoms with Gasteiger partial charge in [0.05, 0.1) is 17.9 Å². The van der Waals surface area contributed by atoms with Crippen molar-refractivity contribution in [3.05, 3.63) is 41.6 Å². The number of halogens is 3. The number of nitrogens with zero attached hydrogens (tertiary/aromatic N) is 2. The molecule has 0 radical (unpaired) electrons. The SMILES string of the molecule is COCc1cc(Oc2cccc(C(F)(F)F)c2)nc(SC)n1. The van der Waals surface area contributed by atoms with E-state index in [0.29, 0.717) is 10.9 Å². The van der Waals surface area contributed by atoms with Crippen LogP contribution in [0.3, 0.4) is 0 Å². The van der Waals surface area contributed by atoms with Crippen molar-refractivity contribution in [1.82, 2.24) is 9.97 Å². The quantitative estimate of drug-likeness (QED) is 0.608. The molecule has 0 N–H and O–H groups in total. The van der Waals surface area contributed by atoms with E-state index in [1.807, 2.05) is 0 Å². The maximum Gasteiger partial charge on any atom is 0.416 e. The van der Waals surface area contributed by atoms with Gasteiger partial charge >= 0.3 is 6.18 Å². The third kappa shape index (κ3) is 4.35. The van der Waals surface area contributed by atoms with Gasteiger partial charge < -0.3 is 9.47 Å². The minimum Gasteiger partial charge on any atom is -0.439 e. The molecule has 0 fully saturated rings. The highest BCUT2D eigenvalue weighted by Crippen LogP contribution is 2.32. The van der Waals surface area contributed by atoms with E-state index in [9.17, 15) is 13.2 Å². The second-order valence-electron chi connectivity index (χ2n) is 4.24. The monoisotopic (exact) mass is 330 g/mol. The average molecular weight is 330 g/mol. The first-order chi connectivity index (χ1) is 10.4. The number of ether oxygens (including phenoxy) is 2. The van der Waals surface area contributed by atoms with Crippen LogP contribution in [0, 0.1) is 0 Å². The first-order valence-electron chi connectivity index (χ1n) is 6.18. The fourth-order valence-electron chi connectivity index (χ4n) is 1.67. The van der Waals surface area contributed by atoms with Crippen LogP contribution in [0.25, 0.3) is 0 Å². The van der Waals surface area contributed by atoms with Crippen LogP contribution in [-0.4, -0.2) is 23.3 Å². The highest BCUT2D eigenvalue weighted by atomic mass is 32.2. The predicted molar refractivity (Wildman–Crippen MR) is 76.0 cm³/mol. The van der Waals surface area contributed by atoms with Crippen molar-refractivity contribution in [2.45, 2.75) is 17.9 Å². The molecule has 1 heterocycles. The lowest BCUT2D eigenvalue weighted by atomic mass is 10.2. The largest absolute Gasteiger partial charge is 0.439 e. The van der Waals surface area contributed by atoms with Gasteiger partial charge in [-0.1, -0.05) is 17.8 Å². The number of hydrogen-bond acceptors (Lipinski definition) is 5. The highest BCUT2D eigenvalue weighted by Gasteiger charge is 2.30. The summed E-state index contributed by atoms with van der Waals surface area (Å²) in [5, 5.41) is 0.455. The Morgan fingerprint density at radius 2 is 1.95 bits per heavy atom. The van der Waals surface area contributed by atoms with E-state index >= 15 is 0 Å². The molecule has 118 valence electrons. The summed E-state index contributed by atoms with van der Waals surface area (Å²) in [6.07, 6.45) is -2.63. The average Bonchev–Trinajstić information content (AvgIpc) is 2.46. The molecule has 0 saturated heterocycles. The Bertz CT molecular complexity index is 650. The van der Waals surface area contributed by atoms with E-state index in [4.69, 9.17) is 9.47 Å². The molecule has 0 bridgehead atoms. The first-order valence-corrected chi connectivity index (χ1v) is 7.41. The van der Waals surface area contributed by atoms with E-state index in [-0.39, 0.29) is 18.2 Å². The van der Waals surface area contributed by atoms with E-state index in [1.165, 1.54) is 37.1 Å². The topological polar surface area (TPSA) is 44.2 Å². The van der Waals surface area contributed by atoms with Gasteiger partial charge in [-0.05, 0) is 24.5 Å². The van der Waals surface area contributed by atoms with Crippen LogP contribution in [0.4, 0.5) is 13.2 Å². The van der Waals surface area contributed by atoms with Gasteiger partial charge in [-0.15, -0.1) is 0 Å². The Morgan fingerprint density at radius 3 is 2.59 bits per heavy atom. The predicted octanol–water partition coefficient (Wildman–Crippen LogP) is 4.16. The molecule has 2 rings (SSSR count). The van der Waals surface area contributed by atoms with Gasteiger partial charge in [0.2, 0.25) is 5.88 Å². The number of aromatic nitrogens is 2. The number of hydrogen-bond donors (Lipinski definition) is 0. The molecule has 0 amide bonds. The van der Waals surface area contributed by atoms with E-state index < -0.39 is 11.7 Å². The summed E-state index contributed by atoms with van der Waals surface area (Å²) in [5.41, 5.74) is -0.190. The standard InChI is InChI=1S/C14H13F3N2O2S/c1-20-8-10-7-12(19-13(18-10)22-2)21-11-5-3-4-9(6-11)14(15,16)17/h3-7H,8H2,1-2H3. The Hall–Kier alpha value is -1.80. The second kappa shape index (κ2) is 6.97. The van der Waals surface area contributed by atoms with Crippen LogP contribution in [0.1, 0.15) is 11.3 Å². The molecule has 8 heteroatoms. The third-order valence-electron chi connectivity index (χ3n) is 2.59. The molecule has 2 aromatic rings. The fraction of sp³-hybridized carbons (Fsp3) is 0.286. The van der Waals surface area contributed by atoms with Crippen molar-refractivity contribution in [2.24, 2.45) is 0 Å². The number of methoxy groups -OCH3 is 1. The zero-order chi connectivity index (χ0) is 16.2. The normalized spacial score (nSPS) is 11.5. The molecule has 0 aliphatic carbocycles. The summed E-state index contributed by atoms with van der Waals surface area (Å²) in [7, 11) is 1.52. The zero-order valence-electron chi connectivity index (χ0n) is 11.8. The van der Waals surface area contributed by atoms with Crippen LogP contribution in [0.5, 0.6) is 11.6 Å². The molecule has 1 aromatic heterocycles. The number of benzene rings is 1. The summed E-state index contributed by atoms with van der Waals surface area (Å²) in [4.78, 5) is 8.32. The second-order valence-corrected chi connectivity index (χ2v) is 5.02. The van der Waals surface area contributed by atoms with E-state index in [1.54, 1.807) is 6.26 Å². The molecular formula is C14H13F3N2O2S. The Labute approximate surface area is 129 Å². The maximum atomic E-state index is 12.7. The maximum absolute atomic E-state index is 12.7. The summed E-state index contributed by atoms with van der Waals surface area (Å²) >= 11 is 1.30. The fourth-order valence-corrected chi connectivity index (χ4v) is 2.06. The van der Waals surface area contributed by atoms with Crippen molar-refractivity contribution in [1.29, 1.82) is 0 Å². The van der Waals surface area contributed by atoms with Gasteiger partial charge in [0.25, 0.3) is 0 Å². The Balaban J connectivity index is 2.28. The lowest BCUT2D eigenvalue weighted by Gasteiger charge is -2.10. The summed E-state index contributed by atoms with van der Waals surface area (Å²) in [6, 6.07) is 6.16. The molecular weight excluding hydrogens is 317 g/mol. The Morgan fingerprint density at radius 1 is 1.18 bits per heavy atom. The highest BCUT2D eigenvalue weighted by molar-refractivity contribution is 7.98. The molecule has 0 aliphatic rings. The number of alkyl halides is 3. The van der Waals surface area contributed by atoms with Crippen molar-refractivity contribution >= 4 is 11.8 Å². The van der Waals surface area contributed by atoms with Crippen LogP contribution >= 0.6 is 11.8 Å². The van der Waals surface area contributed by atoms with Crippen LogP contribution in [0.2, 0.25) is 0 Å². The number of rotatable bonds is 5. The van der Waals surface area contributed by atoms with Crippen molar-refractivity contribution in [2.75, 3.05) is 13.4 Å². The summed E-state index contributed by atoms with van der Waals surface area (Å²) in [6.45, 7) is 0.259. The molecule has 0 atom stereocenters. The Kier molecular flexibility index (Phi) is 5.25. The molecule has 0 saturated carbocycles. The lowest BCUT2D eigenvalue weighted by molar-refractivity contribution is -0.137. The van der Waals surface area contributed by atoms with Crippen LogP contribution in [-0.2, 0) is 17.5 Å². The van der Waals surface area contributed by atoms with Gasteiger partial charge in [0, 0.05) is 13.2 Å². The zero-order valence-corrected chi connectivity index (χ0v) is 12.7. The van der Waals surface area contributed by atoms with Gasteiger partial charge in [-0.3, -0.25) is 0 Å². The lowest BCUT2D eigenvalue weighted by Crippen LogP contribution is -2.04. The van der Waals surface area contributed by atoms with E-state index in [2.05, 4.69) is 9.97 Å². The molecule has 0 aliphatic heterocycles. The third-order valence-corrected chi connectivity index (χ3v) is 3.14. The molecule has 1 aromatic carbocycles. The van der Waals surface area contributed by atoms with Crippen molar-refractivity contribution in [3.63, 3.8) is 0 Å². The molecule has 22 heavy (non-hydrogen) atoms. The summed E-state index contributed by atoms with van der Waals surface area (Å²) in [5.74, 6) is 0.231. The van der Waals surface area contributed by atoms with Gasteiger partial charge in [0.15, 0.2) is 5.16 Å². The minimum atomic E-state index is -4.42. The number of thioether (sulfide) groups is 1. The molecule has 0 unspecified atom stereocenters. The van der Waals surface area contributed by atoms with Gasteiger partial charge in [0.1, 0.15) is 5.75 Å². The smallest absolute Gasteiger partial charge is 0.416 e. The molecule has 0 spiro atoms. The van der Waals surface area contributed by atoms with Crippen molar-refractivity contribution < 1.29 is 22.6 Å².